The number of oxazole rings is 1. The molecule has 2 heterocycles. The second-order valence-corrected chi connectivity index (χ2v) is 4.89. The van der Waals surface area contributed by atoms with Crippen molar-refractivity contribution in [2.45, 2.75) is 26.7 Å². The van der Waals surface area contributed by atoms with Crippen molar-refractivity contribution in [3.8, 4) is 11.5 Å². The molecule has 0 unspecified atom stereocenters. The molecule has 0 aliphatic carbocycles. The summed E-state index contributed by atoms with van der Waals surface area (Å²) < 4.78 is 5.67. The molecule has 0 aliphatic heterocycles. The molecule has 0 aliphatic rings. The number of thiazole rings is 1. The molecule has 0 radical (unpaired) electrons. The van der Waals surface area contributed by atoms with E-state index in [2.05, 4.69) is 22.2 Å². The number of aromatic nitrogens is 2. The van der Waals surface area contributed by atoms with Crippen molar-refractivity contribution < 1.29 is 4.42 Å². The highest BCUT2D eigenvalue weighted by Crippen LogP contribution is 2.22. The maximum absolute atomic E-state index is 5.67. The molecular formula is C12H17N3OS. The maximum atomic E-state index is 5.67. The average Bonchev–Trinajstić information content (AvgIpc) is 2.93. The van der Waals surface area contributed by atoms with Gasteiger partial charge in [-0.25, -0.2) is 9.97 Å². The van der Waals surface area contributed by atoms with Crippen molar-refractivity contribution in [2.24, 2.45) is 0 Å². The van der Waals surface area contributed by atoms with Gasteiger partial charge in [-0.2, -0.15) is 0 Å². The van der Waals surface area contributed by atoms with Crippen molar-refractivity contribution in [2.75, 3.05) is 13.1 Å². The van der Waals surface area contributed by atoms with Gasteiger partial charge in [0.2, 0.25) is 0 Å². The van der Waals surface area contributed by atoms with E-state index in [1.807, 2.05) is 12.3 Å². The van der Waals surface area contributed by atoms with Crippen LogP contribution < -0.4 is 5.32 Å². The van der Waals surface area contributed by atoms with Gasteiger partial charge >= 0.3 is 0 Å². The fraction of sp³-hybridized carbons (Fsp3) is 0.500. The molecule has 2 aromatic rings. The number of hydrogen-bond donors (Lipinski definition) is 1. The molecule has 0 amide bonds. The topological polar surface area (TPSA) is 51.0 Å². The normalized spacial score (nSPS) is 10.9. The number of rotatable bonds is 6. The quantitative estimate of drug-likeness (QED) is 0.802. The summed E-state index contributed by atoms with van der Waals surface area (Å²) in [5, 5.41) is 6.32. The van der Waals surface area contributed by atoms with E-state index in [9.17, 15) is 0 Å². The van der Waals surface area contributed by atoms with Crippen LogP contribution in [-0.4, -0.2) is 23.1 Å². The summed E-state index contributed by atoms with van der Waals surface area (Å²) >= 11 is 1.62. The van der Waals surface area contributed by atoms with Crippen LogP contribution in [0.25, 0.3) is 11.5 Å². The lowest BCUT2D eigenvalue weighted by molar-refractivity contribution is 0.492. The van der Waals surface area contributed by atoms with Gasteiger partial charge in [0.1, 0.15) is 5.69 Å². The van der Waals surface area contributed by atoms with Crippen molar-refractivity contribution in [1.29, 1.82) is 0 Å². The molecule has 0 aromatic carbocycles. The van der Waals surface area contributed by atoms with Crippen LogP contribution in [-0.2, 0) is 6.42 Å². The third kappa shape index (κ3) is 3.38. The molecule has 2 aromatic heterocycles. The summed E-state index contributed by atoms with van der Waals surface area (Å²) in [5.41, 5.74) is 0.887. The van der Waals surface area contributed by atoms with Gasteiger partial charge in [-0.1, -0.05) is 6.92 Å². The molecule has 0 saturated heterocycles. The summed E-state index contributed by atoms with van der Waals surface area (Å²) in [6.45, 7) is 6.11. The van der Waals surface area contributed by atoms with Crippen molar-refractivity contribution in [3.63, 3.8) is 0 Å². The average molecular weight is 251 g/mol. The maximum Gasteiger partial charge on any atom is 0.195 e. The Bertz CT molecular complexity index is 464. The van der Waals surface area contributed by atoms with Crippen LogP contribution in [0.3, 0.4) is 0 Å². The highest BCUT2D eigenvalue weighted by molar-refractivity contribution is 7.09. The second-order valence-electron chi connectivity index (χ2n) is 3.83. The van der Waals surface area contributed by atoms with Crippen molar-refractivity contribution >= 4 is 11.3 Å². The Morgan fingerprint density at radius 1 is 1.47 bits per heavy atom. The van der Waals surface area contributed by atoms with Crippen molar-refractivity contribution in [1.82, 2.24) is 15.3 Å². The van der Waals surface area contributed by atoms with E-state index in [1.54, 1.807) is 17.5 Å². The highest BCUT2D eigenvalue weighted by atomic mass is 32.1. The Hall–Kier alpha value is -1.20. The zero-order chi connectivity index (χ0) is 12.1. The Kier molecular flexibility index (Phi) is 4.28. The Morgan fingerprint density at radius 3 is 3.06 bits per heavy atom. The third-order valence-corrected chi connectivity index (χ3v) is 3.19. The lowest BCUT2D eigenvalue weighted by Gasteiger charge is -1.98. The molecule has 17 heavy (non-hydrogen) atoms. The van der Waals surface area contributed by atoms with Gasteiger partial charge in [-0.05, 0) is 26.4 Å². The summed E-state index contributed by atoms with van der Waals surface area (Å²) in [5.74, 6) is 1.57. The van der Waals surface area contributed by atoms with Crippen LogP contribution in [0.1, 0.15) is 24.2 Å². The second kappa shape index (κ2) is 5.93. The van der Waals surface area contributed by atoms with Crippen LogP contribution in [0.2, 0.25) is 0 Å². The fourth-order valence-corrected chi connectivity index (χ4v) is 2.16. The third-order valence-electron chi connectivity index (χ3n) is 2.42. The van der Waals surface area contributed by atoms with Gasteiger partial charge in [0.05, 0.1) is 11.2 Å². The van der Waals surface area contributed by atoms with Crippen LogP contribution >= 0.6 is 11.3 Å². The zero-order valence-electron chi connectivity index (χ0n) is 10.2. The van der Waals surface area contributed by atoms with E-state index in [0.29, 0.717) is 0 Å². The minimum atomic E-state index is 0.771. The van der Waals surface area contributed by atoms with Crippen LogP contribution in [0.15, 0.2) is 16.0 Å². The summed E-state index contributed by atoms with van der Waals surface area (Å²) in [4.78, 5) is 8.65. The molecule has 0 bridgehead atoms. The van der Waals surface area contributed by atoms with Crippen molar-refractivity contribution in [3.05, 3.63) is 22.5 Å². The molecule has 5 heteroatoms. The molecule has 0 fully saturated rings. The molecule has 92 valence electrons. The number of nitrogens with zero attached hydrogens (tertiary/aromatic N) is 2. The first-order chi connectivity index (χ1) is 8.29. The summed E-state index contributed by atoms with van der Waals surface area (Å²) in [6.07, 6.45) is 3.68. The molecule has 0 spiro atoms. The molecule has 0 atom stereocenters. The highest BCUT2D eigenvalue weighted by Gasteiger charge is 2.08. The largest absolute Gasteiger partial charge is 0.439 e. The first kappa shape index (κ1) is 12.3. The van der Waals surface area contributed by atoms with E-state index in [0.717, 1.165) is 48.3 Å². The van der Waals surface area contributed by atoms with Gasteiger partial charge in [0.15, 0.2) is 11.7 Å². The van der Waals surface area contributed by atoms with Gasteiger partial charge < -0.3 is 9.73 Å². The lowest BCUT2D eigenvalue weighted by atomic mass is 10.3. The molecular weight excluding hydrogens is 234 g/mol. The lowest BCUT2D eigenvalue weighted by Crippen LogP contribution is -2.14. The Morgan fingerprint density at radius 2 is 2.35 bits per heavy atom. The van der Waals surface area contributed by atoms with Gasteiger partial charge in [0, 0.05) is 11.8 Å². The predicted octanol–water partition coefficient (Wildman–Crippen LogP) is 2.65. The monoisotopic (exact) mass is 251 g/mol. The minimum Gasteiger partial charge on any atom is -0.439 e. The molecule has 1 N–H and O–H groups in total. The predicted molar refractivity (Wildman–Crippen MR) is 69.2 cm³/mol. The minimum absolute atomic E-state index is 0.771. The standard InChI is InChI=1S/C12H17N3OS/c1-3-13-6-4-5-12-14-7-11(16-12)10-8-17-9(2)15-10/h7-8,13H,3-6H2,1-2H3. The van der Waals surface area contributed by atoms with Crippen LogP contribution in [0, 0.1) is 6.92 Å². The number of nitrogens with one attached hydrogen (secondary N) is 1. The van der Waals surface area contributed by atoms with Gasteiger partial charge in [-0.15, -0.1) is 11.3 Å². The fourth-order valence-electron chi connectivity index (χ4n) is 1.56. The molecule has 0 saturated carbocycles. The first-order valence-corrected chi connectivity index (χ1v) is 6.75. The first-order valence-electron chi connectivity index (χ1n) is 5.87. The Labute approximate surface area is 105 Å². The number of aryl methyl sites for hydroxylation is 2. The Balaban J connectivity index is 1.92. The van der Waals surface area contributed by atoms with E-state index in [-0.39, 0.29) is 0 Å². The number of hydrogen-bond acceptors (Lipinski definition) is 5. The van der Waals surface area contributed by atoms with E-state index in [4.69, 9.17) is 4.42 Å². The molecule has 2 rings (SSSR count). The molecule has 4 nitrogen and oxygen atoms in total. The van der Waals surface area contributed by atoms with E-state index in [1.165, 1.54) is 0 Å². The van der Waals surface area contributed by atoms with Gasteiger partial charge in [0.25, 0.3) is 0 Å². The zero-order valence-corrected chi connectivity index (χ0v) is 11.0. The summed E-state index contributed by atoms with van der Waals surface area (Å²) in [7, 11) is 0. The van der Waals surface area contributed by atoms with Crippen LogP contribution in [0.4, 0.5) is 0 Å². The van der Waals surface area contributed by atoms with Gasteiger partial charge in [-0.3, -0.25) is 0 Å². The SMILES string of the molecule is CCNCCCc1ncc(-c2csc(C)n2)o1. The smallest absolute Gasteiger partial charge is 0.195 e. The van der Waals surface area contributed by atoms with E-state index < -0.39 is 0 Å². The van der Waals surface area contributed by atoms with E-state index >= 15 is 0 Å². The van der Waals surface area contributed by atoms with Crippen LogP contribution in [0.5, 0.6) is 0 Å². The summed E-state index contributed by atoms with van der Waals surface area (Å²) in [6, 6.07) is 0.